The largest absolute Gasteiger partial charge is 0.492 e. The van der Waals surface area contributed by atoms with E-state index in [1.165, 1.54) is 0 Å². The second-order valence-electron chi connectivity index (χ2n) is 4.93. The van der Waals surface area contributed by atoms with Gasteiger partial charge in [0.15, 0.2) is 0 Å². The molecular formula is C19H19N2O3. The Balaban J connectivity index is 2.07. The van der Waals surface area contributed by atoms with Crippen LogP contribution in [0.15, 0.2) is 42.5 Å². The van der Waals surface area contributed by atoms with Crippen molar-refractivity contribution in [3.8, 4) is 23.3 Å². The van der Waals surface area contributed by atoms with Crippen LogP contribution in [-0.4, -0.2) is 12.5 Å². The predicted octanol–water partition coefficient (Wildman–Crippen LogP) is 4.30. The summed E-state index contributed by atoms with van der Waals surface area (Å²) in [5.74, 6) is 1.57. The van der Waals surface area contributed by atoms with Gasteiger partial charge in [-0.15, -0.1) is 0 Å². The molecule has 123 valence electrons. The van der Waals surface area contributed by atoms with Crippen LogP contribution in [0.3, 0.4) is 0 Å². The monoisotopic (exact) mass is 323 g/mol. The maximum absolute atomic E-state index is 11.5. The molecular weight excluding hydrogens is 304 g/mol. The Kier molecular flexibility index (Phi) is 6.21. The summed E-state index contributed by atoms with van der Waals surface area (Å²) in [6.07, 6.45) is 2.27. The quantitative estimate of drug-likeness (QED) is 0.824. The fourth-order valence-corrected chi connectivity index (χ4v) is 2.05. The highest BCUT2D eigenvalue weighted by Gasteiger charge is 2.07. The van der Waals surface area contributed by atoms with Crippen LogP contribution in [0.2, 0.25) is 0 Å². The standard InChI is InChI=1S/C19H19N2O3/c1-3-5-19(22)21-15-7-10-16(11-8-15)24-17-9-6-14(13-20)18(12-17)23-4-2/h5-12H,3-4H2,1-2H3,(H,21,22). The van der Waals surface area contributed by atoms with Gasteiger partial charge in [0.25, 0.3) is 0 Å². The number of nitrogens with one attached hydrogen (secondary N) is 1. The number of hydrogen-bond donors (Lipinski definition) is 1. The third-order valence-corrected chi connectivity index (χ3v) is 3.12. The second-order valence-corrected chi connectivity index (χ2v) is 4.93. The van der Waals surface area contributed by atoms with Crippen LogP contribution >= 0.6 is 0 Å². The molecule has 1 radical (unpaired) electrons. The molecule has 1 N–H and O–H groups in total. The summed E-state index contributed by atoms with van der Waals surface area (Å²) in [5.41, 5.74) is 1.17. The first-order chi connectivity index (χ1) is 11.7. The van der Waals surface area contributed by atoms with E-state index in [1.807, 2.05) is 13.8 Å². The van der Waals surface area contributed by atoms with Crippen molar-refractivity contribution in [2.24, 2.45) is 0 Å². The lowest BCUT2D eigenvalue weighted by Crippen LogP contribution is -2.10. The van der Waals surface area contributed by atoms with Gasteiger partial charge in [-0.1, -0.05) is 6.92 Å². The number of ether oxygens (including phenoxy) is 2. The van der Waals surface area contributed by atoms with E-state index in [1.54, 1.807) is 48.9 Å². The number of benzene rings is 2. The highest BCUT2D eigenvalue weighted by molar-refractivity contribution is 5.97. The smallest absolute Gasteiger partial charge is 0.228 e. The molecule has 0 heterocycles. The average Bonchev–Trinajstić information content (AvgIpc) is 2.57. The molecule has 5 nitrogen and oxygen atoms in total. The first-order valence-electron chi connectivity index (χ1n) is 7.75. The number of nitriles is 1. The number of anilines is 1. The lowest BCUT2D eigenvalue weighted by Gasteiger charge is -2.10. The molecule has 0 aliphatic rings. The molecule has 0 bridgehead atoms. The summed E-state index contributed by atoms with van der Waals surface area (Å²) >= 11 is 0. The van der Waals surface area contributed by atoms with Gasteiger partial charge in [0.05, 0.1) is 12.2 Å². The van der Waals surface area contributed by atoms with Crippen molar-refractivity contribution in [1.29, 1.82) is 5.26 Å². The van der Waals surface area contributed by atoms with Crippen molar-refractivity contribution in [3.63, 3.8) is 0 Å². The molecule has 0 saturated carbocycles. The van der Waals surface area contributed by atoms with Crippen LogP contribution < -0.4 is 14.8 Å². The van der Waals surface area contributed by atoms with Crippen molar-refractivity contribution < 1.29 is 14.3 Å². The van der Waals surface area contributed by atoms with Crippen molar-refractivity contribution >= 4 is 11.6 Å². The fraction of sp³-hybridized carbons (Fsp3) is 0.211. The summed E-state index contributed by atoms with van der Waals surface area (Å²) in [4.78, 5) is 11.5. The average molecular weight is 323 g/mol. The van der Waals surface area contributed by atoms with Crippen LogP contribution in [0.25, 0.3) is 0 Å². The van der Waals surface area contributed by atoms with Crippen LogP contribution in [0.5, 0.6) is 17.2 Å². The van der Waals surface area contributed by atoms with Gasteiger partial charge in [-0.05, 0) is 49.7 Å². The SMILES string of the molecule is CC[CH]C(=O)Nc1ccc(Oc2ccc(C#N)c(OCC)c2)cc1. The topological polar surface area (TPSA) is 71.3 Å². The Hall–Kier alpha value is -3.00. The zero-order valence-electron chi connectivity index (χ0n) is 13.7. The Bertz CT molecular complexity index is 733. The minimum absolute atomic E-state index is 0.125. The summed E-state index contributed by atoms with van der Waals surface area (Å²) in [6.45, 7) is 4.24. The normalized spacial score (nSPS) is 9.88. The second kappa shape index (κ2) is 8.59. The molecule has 0 unspecified atom stereocenters. The number of carbonyl (C=O) groups is 1. The van der Waals surface area contributed by atoms with Gasteiger partial charge in [0.2, 0.25) is 5.91 Å². The maximum Gasteiger partial charge on any atom is 0.228 e. The van der Waals surface area contributed by atoms with Crippen molar-refractivity contribution in [2.45, 2.75) is 20.3 Å². The molecule has 2 aromatic rings. The molecule has 0 aromatic heterocycles. The summed E-state index contributed by atoms with van der Waals surface area (Å²) < 4.78 is 11.2. The Morgan fingerprint density at radius 3 is 2.50 bits per heavy atom. The molecule has 2 rings (SSSR count). The van der Waals surface area contributed by atoms with Gasteiger partial charge < -0.3 is 14.8 Å². The van der Waals surface area contributed by atoms with E-state index >= 15 is 0 Å². The zero-order chi connectivity index (χ0) is 17.4. The molecule has 1 amide bonds. The molecule has 0 aliphatic heterocycles. The molecule has 24 heavy (non-hydrogen) atoms. The third-order valence-electron chi connectivity index (χ3n) is 3.12. The third kappa shape index (κ3) is 4.75. The van der Waals surface area contributed by atoms with Gasteiger partial charge >= 0.3 is 0 Å². The van der Waals surface area contributed by atoms with E-state index in [0.717, 1.165) is 0 Å². The van der Waals surface area contributed by atoms with Crippen LogP contribution in [0.4, 0.5) is 5.69 Å². The molecule has 0 saturated heterocycles. The molecule has 0 atom stereocenters. The van der Waals surface area contributed by atoms with E-state index < -0.39 is 0 Å². The van der Waals surface area contributed by atoms with Gasteiger partial charge in [-0.3, -0.25) is 4.79 Å². The van der Waals surface area contributed by atoms with Gasteiger partial charge in [-0.2, -0.15) is 5.26 Å². The lowest BCUT2D eigenvalue weighted by molar-refractivity contribution is -0.113. The van der Waals surface area contributed by atoms with Gasteiger partial charge in [-0.25, -0.2) is 0 Å². The molecule has 0 aliphatic carbocycles. The molecule has 2 aromatic carbocycles. The predicted molar refractivity (Wildman–Crippen MR) is 92.1 cm³/mol. The summed E-state index contributed by atoms with van der Waals surface area (Å²) in [6, 6.07) is 14.2. The van der Waals surface area contributed by atoms with E-state index in [2.05, 4.69) is 11.4 Å². The van der Waals surface area contributed by atoms with Crippen molar-refractivity contribution in [1.82, 2.24) is 0 Å². The Labute approximate surface area is 141 Å². The number of nitrogens with zero attached hydrogens (tertiary/aromatic N) is 1. The van der Waals surface area contributed by atoms with Crippen LogP contribution in [0, 0.1) is 17.8 Å². The first-order valence-corrected chi connectivity index (χ1v) is 7.75. The Morgan fingerprint density at radius 2 is 1.88 bits per heavy atom. The minimum Gasteiger partial charge on any atom is -0.492 e. The van der Waals surface area contributed by atoms with Crippen molar-refractivity contribution in [2.75, 3.05) is 11.9 Å². The number of carbonyl (C=O) groups excluding carboxylic acids is 1. The Morgan fingerprint density at radius 1 is 1.17 bits per heavy atom. The van der Waals surface area contributed by atoms with Crippen LogP contribution in [-0.2, 0) is 4.79 Å². The van der Waals surface area contributed by atoms with E-state index in [9.17, 15) is 4.79 Å². The fourth-order valence-electron chi connectivity index (χ4n) is 2.05. The number of hydrogen-bond acceptors (Lipinski definition) is 4. The zero-order valence-corrected chi connectivity index (χ0v) is 13.7. The maximum atomic E-state index is 11.5. The van der Waals surface area contributed by atoms with Gasteiger partial charge in [0.1, 0.15) is 23.3 Å². The summed E-state index contributed by atoms with van der Waals surface area (Å²) in [5, 5.41) is 11.8. The van der Waals surface area contributed by atoms with Crippen molar-refractivity contribution in [3.05, 3.63) is 54.4 Å². The lowest BCUT2D eigenvalue weighted by atomic mass is 10.2. The van der Waals surface area contributed by atoms with E-state index in [4.69, 9.17) is 14.7 Å². The van der Waals surface area contributed by atoms with E-state index in [-0.39, 0.29) is 5.91 Å². The van der Waals surface area contributed by atoms with Crippen LogP contribution in [0.1, 0.15) is 25.8 Å². The number of amides is 1. The molecule has 5 heteroatoms. The van der Waals surface area contributed by atoms with E-state index in [0.29, 0.717) is 41.5 Å². The molecule has 0 spiro atoms. The minimum atomic E-state index is -0.125. The highest BCUT2D eigenvalue weighted by Crippen LogP contribution is 2.28. The highest BCUT2D eigenvalue weighted by atomic mass is 16.5. The first kappa shape index (κ1) is 17.4. The molecule has 0 fully saturated rings. The number of rotatable bonds is 7. The summed E-state index contributed by atoms with van der Waals surface area (Å²) in [7, 11) is 0. The van der Waals surface area contributed by atoms with Gasteiger partial charge in [0, 0.05) is 18.2 Å².